The van der Waals surface area contributed by atoms with Crippen LogP contribution < -0.4 is 14.8 Å². The zero-order valence-corrected chi connectivity index (χ0v) is 25.6. The number of hydrogen-bond acceptors (Lipinski definition) is 4. The van der Waals surface area contributed by atoms with Gasteiger partial charge in [0.05, 0.1) is 10.0 Å². The van der Waals surface area contributed by atoms with Gasteiger partial charge in [0.25, 0.3) is 0 Å². The molecule has 1 N–H and O–H groups in total. The highest BCUT2D eigenvalue weighted by Gasteiger charge is 2.51. The molecular weight excluding hydrogens is 574 g/mol. The van der Waals surface area contributed by atoms with Crippen molar-refractivity contribution in [2.24, 2.45) is 17.8 Å². The SMILES string of the molecule is Cc1cccc(CN(C(=O)[C@@H]2[C@@H]3CNC[C@@H]3C[C@H]2c2ccc(OCCOc3c(Cl)cc(F)cc3Cl)cc2)C2CC2)c1C. The maximum Gasteiger partial charge on any atom is 0.227 e. The lowest BCUT2D eigenvalue weighted by atomic mass is 9.83. The third-order valence-electron chi connectivity index (χ3n) is 9.33. The van der Waals surface area contributed by atoms with Gasteiger partial charge < -0.3 is 19.7 Å². The van der Waals surface area contributed by atoms with Crippen molar-refractivity contribution in [1.29, 1.82) is 0 Å². The number of rotatable bonds is 10. The molecule has 1 aliphatic heterocycles. The quantitative estimate of drug-likeness (QED) is 0.244. The summed E-state index contributed by atoms with van der Waals surface area (Å²) in [5.41, 5.74) is 5.00. The largest absolute Gasteiger partial charge is 0.490 e. The van der Waals surface area contributed by atoms with Crippen molar-refractivity contribution in [3.63, 3.8) is 0 Å². The summed E-state index contributed by atoms with van der Waals surface area (Å²) in [6.45, 7) is 7.36. The Labute approximate surface area is 257 Å². The van der Waals surface area contributed by atoms with Crippen LogP contribution in [0, 0.1) is 37.4 Å². The molecule has 0 unspecified atom stereocenters. The van der Waals surface area contributed by atoms with E-state index < -0.39 is 5.82 Å². The Morgan fingerprint density at radius 2 is 1.71 bits per heavy atom. The van der Waals surface area contributed by atoms with Crippen LogP contribution in [0.2, 0.25) is 10.0 Å². The number of benzene rings is 3. The molecule has 0 spiro atoms. The first-order valence-electron chi connectivity index (χ1n) is 14.9. The van der Waals surface area contributed by atoms with Crippen LogP contribution in [0.25, 0.3) is 0 Å². The molecule has 4 atom stereocenters. The second kappa shape index (κ2) is 12.4. The first-order chi connectivity index (χ1) is 20.3. The molecule has 3 aromatic rings. The fourth-order valence-electron chi connectivity index (χ4n) is 6.81. The molecule has 0 aromatic heterocycles. The first kappa shape index (κ1) is 29.3. The fourth-order valence-corrected chi connectivity index (χ4v) is 7.38. The third-order valence-corrected chi connectivity index (χ3v) is 9.89. The molecule has 1 amide bonds. The Balaban J connectivity index is 1.13. The van der Waals surface area contributed by atoms with Crippen molar-refractivity contribution in [2.75, 3.05) is 26.3 Å². The minimum atomic E-state index is -0.513. The predicted molar refractivity (Wildman–Crippen MR) is 164 cm³/mol. The summed E-state index contributed by atoms with van der Waals surface area (Å²) in [7, 11) is 0. The monoisotopic (exact) mass is 610 g/mol. The normalized spacial score (nSPS) is 23.1. The van der Waals surface area contributed by atoms with E-state index in [2.05, 4.69) is 54.4 Å². The maximum atomic E-state index is 14.4. The van der Waals surface area contributed by atoms with E-state index in [1.165, 1.54) is 34.4 Å². The molecule has 3 fully saturated rings. The second-order valence-corrected chi connectivity index (χ2v) is 12.8. The van der Waals surface area contributed by atoms with Crippen molar-refractivity contribution in [2.45, 2.75) is 51.6 Å². The predicted octanol–water partition coefficient (Wildman–Crippen LogP) is 7.34. The van der Waals surface area contributed by atoms with Gasteiger partial charge in [-0.15, -0.1) is 0 Å². The summed E-state index contributed by atoms with van der Waals surface area (Å²) < 4.78 is 24.9. The van der Waals surface area contributed by atoms with Crippen LogP contribution in [-0.2, 0) is 11.3 Å². The Kier molecular flexibility index (Phi) is 8.67. The van der Waals surface area contributed by atoms with Crippen LogP contribution in [0.5, 0.6) is 11.5 Å². The van der Waals surface area contributed by atoms with Crippen molar-refractivity contribution in [1.82, 2.24) is 10.2 Å². The molecule has 0 radical (unpaired) electrons. The van der Waals surface area contributed by atoms with E-state index in [1.54, 1.807) is 0 Å². The van der Waals surface area contributed by atoms with Gasteiger partial charge in [-0.2, -0.15) is 0 Å². The number of amides is 1. The molecule has 42 heavy (non-hydrogen) atoms. The van der Waals surface area contributed by atoms with Gasteiger partial charge in [0.2, 0.25) is 5.91 Å². The molecule has 0 bridgehead atoms. The third kappa shape index (κ3) is 6.13. The molecule has 6 rings (SSSR count). The highest BCUT2D eigenvalue weighted by molar-refractivity contribution is 6.37. The summed E-state index contributed by atoms with van der Waals surface area (Å²) in [6, 6.07) is 17.2. The number of aryl methyl sites for hydroxylation is 1. The lowest BCUT2D eigenvalue weighted by Crippen LogP contribution is -2.41. The van der Waals surface area contributed by atoms with E-state index in [-0.39, 0.29) is 40.8 Å². The molecule has 8 heteroatoms. The molecule has 3 aliphatic rings. The van der Waals surface area contributed by atoms with E-state index in [4.69, 9.17) is 32.7 Å². The first-order valence-corrected chi connectivity index (χ1v) is 15.6. The average molecular weight is 612 g/mol. The zero-order valence-electron chi connectivity index (χ0n) is 24.0. The Bertz CT molecular complexity index is 1420. The van der Waals surface area contributed by atoms with Crippen LogP contribution in [0.15, 0.2) is 54.6 Å². The molecule has 1 saturated heterocycles. The fraction of sp³-hybridized carbons (Fsp3) is 0.441. The number of carbonyl (C=O) groups is 1. The smallest absolute Gasteiger partial charge is 0.227 e. The van der Waals surface area contributed by atoms with E-state index in [9.17, 15) is 9.18 Å². The van der Waals surface area contributed by atoms with Crippen molar-refractivity contribution >= 4 is 29.1 Å². The van der Waals surface area contributed by atoms with E-state index in [0.29, 0.717) is 30.3 Å². The molecular formula is C34H37Cl2FN2O3. The minimum absolute atomic E-state index is 0.0268. The summed E-state index contributed by atoms with van der Waals surface area (Å²) >= 11 is 12.1. The number of ether oxygens (including phenoxy) is 2. The standard InChI is InChI=1S/C34H37Cl2FN2O3/c1-20-4-3-5-23(21(20)2)19-39(26-8-9-26)34(40)32-28(14-24-17-38-18-29(24)32)22-6-10-27(11-7-22)41-12-13-42-33-30(35)15-25(37)16-31(33)36/h3-7,10-11,15-16,24,26,28-29,32,38H,8-9,12-14,17-19H2,1-2H3/t24-,28-,29+,32-/m0/s1. The van der Waals surface area contributed by atoms with Crippen molar-refractivity contribution in [3.05, 3.63) is 92.7 Å². The molecule has 3 aromatic carbocycles. The van der Waals surface area contributed by atoms with Crippen molar-refractivity contribution < 1.29 is 18.7 Å². The highest BCUT2D eigenvalue weighted by Crippen LogP contribution is 2.50. The minimum Gasteiger partial charge on any atom is -0.490 e. The van der Waals surface area contributed by atoms with Gasteiger partial charge >= 0.3 is 0 Å². The van der Waals surface area contributed by atoms with E-state index >= 15 is 0 Å². The van der Waals surface area contributed by atoms with Crippen LogP contribution >= 0.6 is 23.2 Å². The molecule has 1 heterocycles. The number of fused-ring (bicyclic) bond motifs is 1. The van der Waals surface area contributed by atoms with Crippen LogP contribution in [0.4, 0.5) is 4.39 Å². The molecule has 5 nitrogen and oxygen atoms in total. The van der Waals surface area contributed by atoms with Gasteiger partial charge in [-0.05, 0) is 110 Å². The van der Waals surface area contributed by atoms with Crippen LogP contribution in [-0.4, -0.2) is 43.2 Å². The van der Waals surface area contributed by atoms with Gasteiger partial charge in [0.1, 0.15) is 24.8 Å². The maximum absolute atomic E-state index is 14.4. The van der Waals surface area contributed by atoms with Gasteiger partial charge in [-0.25, -0.2) is 4.39 Å². The molecule has 2 aliphatic carbocycles. The number of halogens is 3. The number of nitrogens with zero attached hydrogens (tertiary/aromatic N) is 1. The van der Waals surface area contributed by atoms with Gasteiger partial charge in [0, 0.05) is 18.5 Å². The average Bonchev–Trinajstić information content (AvgIpc) is 3.59. The summed E-state index contributed by atoms with van der Waals surface area (Å²) in [4.78, 5) is 16.6. The van der Waals surface area contributed by atoms with Crippen LogP contribution in [0.3, 0.4) is 0 Å². The Morgan fingerprint density at radius 3 is 2.43 bits per heavy atom. The Hall–Kier alpha value is -2.80. The summed E-state index contributed by atoms with van der Waals surface area (Å²) in [5.74, 6) is 1.81. The number of nitrogens with one attached hydrogen (secondary N) is 1. The van der Waals surface area contributed by atoms with E-state index in [1.807, 2.05) is 12.1 Å². The topological polar surface area (TPSA) is 50.8 Å². The summed E-state index contributed by atoms with van der Waals surface area (Å²) in [5, 5.41) is 3.80. The lowest BCUT2D eigenvalue weighted by molar-refractivity contribution is -0.138. The van der Waals surface area contributed by atoms with Crippen molar-refractivity contribution in [3.8, 4) is 11.5 Å². The zero-order chi connectivity index (χ0) is 29.4. The molecule has 222 valence electrons. The number of carbonyl (C=O) groups excluding carboxylic acids is 1. The van der Waals surface area contributed by atoms with Gasteiger partial charge in [-0.3, -0.25) is 4.79 Å². The number of hydrogen-bond donors (Lipinski definition) is 1. The summed E-state index contributed by atoms with van der Waals surface area (Å²) in [6.07, 6.45) is 3.20. The Morgan fingerprint density at radius 1 is 1.00 bits per heavy atom. The molecule has 2 saturated carbocycles. The van der Waals surface area contributed by atoms with Gasteiger partial charge in [-0.1, -0.05) is 53.5 Å². The lowest BCUT2D eigenvalue weighted by Gasteiger charge is -2.32. The van der Waals surface area contributed by atoms with Gasteiger partial charge in [0.15, 0.2) is 5.75 Å². The second-order valence-electron chi connectivity index (χ2n) is 12.0. The van der Waals surface area contributed by atoms with Crippen LogP contribution in [0.1, 0.15) is 47.4 Å². The van der Waals surface area contributed by atoms with E-state index in [0.717, 1.165) is 38.1 Å². The highest BCUT2D eigenvalue weighted by atomic mass is 35.5.